The molecule has 90 valence electrons. The van der Waals surface area contributed by atoms with Gasteiger partial charge in [-0.3, -0.25) is 0 Å². The fourth-order valence-corrected chi connectivity index (χ4v) is 3.59. The lowest BCUT2D eigenvalue weighted by Gasteiger charge is -2.22. The largest absolute Gasteiger partial charge is 0.343 e. The van der Waals surface area contributed by atoms with Crippen LogP contribution in [0.3, 0.4) is 0 Å². The maximum absolute atomic E-state index is 11.1. The molecule has 0 amide bonds. The van der Waals surface area contributed by atoms with Crippen LogP contribution in [0.1, 0.15) is 18.7 Å². The second-order valence-corrected chi connectivity index (χ2v) is 6.33. The Labute approximate surface area is 98.7 Å². The lowest BCUT2D eigenvalue weighted by molar-refractivity contribution is 0.587. The summed E-state index contributed by atoms with van der Waals surface area (Å²) < 4.78 is 26.3. The summed E-state index contributed by atoms with van der Waals surface area (Å²) in [6.07, 6.45) is 1.81. The highest BCUT2D eigenvalue weighted by Crippen LogP contribution is 2.27. The van der Waals surface area contributed by atoms with Crippen molar-refractivity contribution in [1.82, 2.24) is 9.36 Å². The van der Waals surface area contributed by atoms with Crippen LogP contribution in [0.2, 0.25) is 0 Å². The SMILES string of the molecule is Cc1nsc(N2CCCC2CS(N)(=O)=O)n1. The number of hydrogen-bond donors (Lipinski definition) is 1. The molecule has 0 saturated carbocycles. The summed E-state index contributed by atoms with van der Waals surface area (Å²) >= 11 is 1.31. The summed E-state index contributed by atoms with van der Waals surface area (Å²) in [5.74, 6) is 0.715. The zero-order chi connectivity index (χ0) is 11.8. The number of sulfonamides is 1. The van der Waals surface area contributed by atoms with Crippen LogP contribution in [0.5, 0.6) is 0 Å². The van der Waals surface area contributed by atoms with Gasteiger partial charge < -0.3 is 4.90 Å². The summed E-state index contributed by atoms with van der Waals surface area (Å²) in [6.45, 7) is 2.65. The van der Waals surface area contributed by atoms with Crippen molar-refractivity contribution in [2.24, 2.45) is 5.14 Å². The predicted molar refractivity (Wildman–Crippen MR) is 63.0 cm³/mol. The highest BCUT2D eigenvalue weighted by Gasteiger charge is 2.29. The maximum Gasteiger partial charge on any atom is 0.211 e. The Morgan fingerprint density at radius 2 is 2.38 bits per heavy atom. The normalized spacial score (nSPS) is 21.6. The van der Waals surface area contributed by atoms with E-state index < -0.39 is 10.0 Å². The molecule has 0 bridgehead atoms. The van der Waals surface area contributed by atoms with Gasteiger partial charge in [-0.25, -0.2) is 18.5 Å². The first-order chi connectivity index (χ1) is 7.46. The molecule has 2 N–H and O–H groups in total. The fraction of sp³-hybridized carbons (Fsp3) is 0.750. The molecule has 1 saturated heterocycles. The Morgan fingerprint density at radius 1 is 1.62 bits per heavy atom. The molecule has 1 aromatic rings. The van der Waals surface area contributed by atoms with Crippen molar-refractivity contribution < 1.29 is 8.42 Å². The molecule has 2 rings (SSSR count). The molecule has 1 atom stereocenters. The van der Waals surface area contributed by atoms with Gasteiger partial charge in [0, 0.05) is 24.1 Å². The summed E-state index contributed by atoms with van der Waals surface area (Å²) in [5.41, 5.74) is 0. The number of aromatic nitrogens is 2. The molecule has 0 aliphatic carbocycles. The van der Waals surface area contributed by atoms with Crippen molar-refractivity contribution in [3.8, 4) is 0 Å². The van der Waals surface area contributed by atoms with Gasteiger partial charge in [0.15, 0.2) is 0 Å². The standard InChI is InChI=1S/C8H14N4O2S2/c1-6-10-8(15-11-6)12-4-2-3-7(12)5-16(9,13)14/h7H,2-5H2,1H3,(H2,9,13,14). The molecule has 2 heterocycles. The molecule has 1 unspecified atom stereocenters. The van der Waals surface area contributed by atoms with Gasteiger partial charge in [-0.2, -0.15) is 4.37 Å². The van der Waals surface area contributed by atoms with E-state index >= 15 is 0 Å². The van der Waals surface area contributed by atoms with E-state index in [2.05, 4.69) is 9.36 Å². The van der Waals surface area contributed by atoms with Crippen LogP contribution in [0.25, 0.3) is 0 Å². The van der Waals surface area contributed by atoms with E-state index in [0.29, 0.717) is 0 Å². The third-order valence-electron chi connectivity index (χ3n) is 2.56. The minimum atomic E-state index is -3.43. The van der Waals surface area contributed by atoms with E-state index in [4.69, 9.17) is 5.14 Å². The molecule has 1 aliphatic rings. The van der Waals surface area contributed by atoms with Crippen LogP contribution in [-0.2, 0) is 10.0 Å². The molecule has 8 heteroatoms. The van der Waals surface area contributed by atoms with Crippen molar-refractivity contribution in [3.63, 3.8) is 0 Å². The van der Waals surface area contributed by atoms with Gasteiger partial charge in [0.1, 0.15) is 5.82 Å². The van der Waals surface area contributed by atoms with Crippen molar-refractivity contribution in [2.75, 3.05) is 17.2 Å². The average molecular weight is 262 g/mol. The second-order valence-electron chi connectivity index (χ2n) is 3.94. The third-order valence-corrected chi connectivity index (χ3v) is 4.26. The zero-order valence-electron chi connectivity index (χ0n) is 8.96. The number of anilines is 1. The lowest BCUT2D eigenvalue weighted by Crippen LogP contribution is -2.37. The Balaban J connectivity index is 2.15. The first-order valence-corrected chi connectivity index (χ1v) is 7.52. The molecule has 0 spiro atoms. The smallest absolute Gasteiger partial charge is 0.211 e. The molecule has 1 aromatic heterocycles. The van der Waals surface area contributed by atoms with Gasteiger partial charge >= 0.3 is 0 Å². The number of nitrogens with two attached hydrogens (primary N) is 1. The third kappa shape index (κ3) is 2.69. The zero-order valence-corrected chi connectivity index (χ0v) is 10.6. The van der Waals surface area contributed by atoms with E-state index in [1.54, 1.807) is 0 Å². The molecule has 6 nitrogen and oxygen atoms in total. The number of rotatable bonds is 3. The molecule has 0 radical (unpaired) electrons. The van der Waals surface area contributed by atoms with Crippen LogP contribution >= 0.6 is 11.5 Å². The van der Waals surface area contributed by atoms with Gasteiger partial charge in [0.05, 0.1) is 5.75 Å². The van der Waals surface area contributed by atoms with Crippen molar-refractivity contribution in [1.29, 1.82) is 0 Å². The van der Waals surface area contributed by atoms with Gasteiger partial charge in [0.2, 0.25) is 15.2 Å². The van der Waals surface area contributed by atoms with Gasteiger partial charge in [0.25, 0.3) is 0 Å². The molecular weight excluding hydrogens is 248 g/mol. The minimum absolute atomic E-state index is 0.00831. The maximum atomic E-state index is 11.1. The van der Waals surface area contributed by atoms with E-state index in [-0.39, 0.29) is 11.8 Å². The first-order valence-electron chi connectivity index (χ1n) is 5.03. The molecule has 1 aliphatic heterocycles. The molecular formula is C8H14N4O2S2. The van der Waals surface area contributed by atoms with Crippen molar-refractivity contribution in [2.45, 2.75) is 25.8 Å². The fourth-order valence-electron chi connectivity index (χ4n) is 1.93. The topological polar surface area (TPSA) is 89.2 Å². The van der Waals surface area contributed by atoms with Gasteiger partial charge in [-0.1, -0.05) is 0 Å². The van der Waals surface area contributed by atoms with Crippen LogP contribution in [0.15, 0.2) is 0 Å². The number of hydrogen-bond acceptors (Lipinski definition) is 6. The van der Waals surface area contributed by atoms with Crippen LogP contribution in [0, 0.1) is 6.92 Å². The Morgan fingerprint density at radius 3 is 2.94 bits per heavy atom. The van der Waals surface area contributed by atoms with E-state index in [1.165, 1.54) is 11.5 Å². The van der Waals surface area contributed by atoms with Crippen molar-refractivity contribution in [3.05, 3.63) is 5.82 Å². The Kier molecular flexibility index (Phi) is 3.13. The Bertz CT molecular complexity index is 470. The van der Waals surface area contributed by atoms with Crippen LogP contribution in [0.4, 0.5) is 5.13 Å². The molecule has 16 heavy (non-hydrogen) atoms. The van der Waals surface area contributed by atoms with Crippen molar-refractivity contribution >= 4 is 26.7 Å². The second kappa shape index (κ2) is 4.27. The predicted octanol–water partition coefficient (Wildman–Crippen LogP) is 0.104. The highest BCUT2D eigenvalue weighted by molar-refractivity contribution is 7.89. The van der Waals surface area contributed by atoms with E-state index in [1.807, 2.05) is 11.8 Å². The number of aryl methyl sites for hydroxylation is 1. The first kappa shape index (κ1) is 11.7. The van der Waals surface area contributed by atoms with Gasteiger partial charge in [-0.05, 0) is 19.8 Å². The summed E-state index contributed by atoms with van der Waals surface area (Å²) in [5, 5.41) is 5.87. The van der Waals surface area contributed by atoms with E-state index in [9.17, 15) is 8.42 Å². The van der Waals surface area contributed by atoms with Crippen LogP contribution in [-0.4, -0.2) is 36.1 Å². The monoisotopic (exact) mass is 262 g/mol. The van der Waals surface area contributed by atoms with Crippen LogP contribution < -0.4 is 10.0 Å². The lowest BCUT2D eigenvalue weighted by atomic mass is 10.2. The minimum Gasteiger partial charge on any atom is -0.343 e. The number of nitrogens with zero attached hydrogens (tertiary/aromatic N) is 3. The highest BCUT2D eigenvalue weighted by atomic mass is 32.2. The molecule has 0 aromatic carbocycles. The quantitative estimate of drug-likeness (QED) is 0.834. The average Bonchev–Trinajstić information content (AvgIpc) is 2.71. The van der Waals surface area contributed by atoms with E-state index in [0.717, 1.165) is 30.3 Å². The van der Waals surface area contributed by atoms with Gasteiger partial charge in [-0.15, -0.1) is 0 Å². The summed E-state index contributed by atoms with van der Waals surface area (Å²) in [6, 6.07) is -0.0534. The summed E-state index contributed by atoms with van der Waals surface area (Å²) in [7, 11) is -3.43. The molecule has 1 fully saturated rings. The summed E-state index contributed by atoms with van der Waals surface area (Å²) in [4.78, 5) is 6.27. The number of primary sulfonamides is 1. The Hall–Kier alpha value is -0.730.